The predicted molar refractivity (Wildman–Crippen MR) is 60.1 cm³/mol. The third kappa shape index (κ3) is 1.21. The van der Waals surface area contributed by atoms with Gasteiger partial charge in [-0.1, -0.05) is 25.1 Å². The van der Waals surface area contributed by atoms with Crippen molar-refractivity contribution < 1.29 is 4.79 Å². The summed E-state index contributed by atoms with van der Waals surface area (Å²) in [5, 5.41) is 1.22. The van der Waals surface area contributed by atoms with Crippen LogP contribution in [0.5, 0.6) is 0 Å². The molecular weight excluding hydrogens is 186 g/mol. The van der Waals surface area contributed by atoms with Gasteiger partial charge in [-0.3, -0.25) is 4.79 Å². The number of hydrogen-bond donors (Lipinski definition) is 1. The summed E-state index contributed by atoms with van der Waals surface area (Å²) >= 11 is 0. The topological polar surface area (TPSA) is 32.9 Å². The molecule has 1 aromatic heterocycles. The van der Waals surface area contributed by atoms with E-state index in [0.717, 1.165) is 17.6 Å². The van der Waals surface area contributed by atoms with Crippen LogP contribution in [-0.2, 0) is 6.42 Å². The van der Waals surface area contributed by atoms with E-state index in [9.17, 15) is 4.79 Å². The average Bonchev–Trinajstić information content (AvgIpc) is 2.57. The van der Waals surface area contributed by atoms with Crippen LogP contribution in [0.3, 0.4) is 0 Å². The molecule has 0 saturated heterocycles. The number of rotatable bonds is 0. The molecule has 0 spiro atoms. The van der Waals surface area contributed by atoms with Crippen LogP contribution in [0.2, 0.25) is 0 Å². The van der Waals surface area contributed by atoms with Crippen LogP contribution < -0.4 is 0 Å². The van der Waals surface area contributed by atoms with Gasteiger partial charge in [-0.15, -0.1) is 0 Å². The largest absolute Gasteiger partial charge is 0.352 e. The van der Waals surface area contributed by atoms with E-state index in [1.807, 2.05) is 18.2 Å². The summed E-state index contributed by atoms with van der Waals surface area (Å²) in [5.41, 5.74) is 3.15. The summed E-state index contributed by atoms with van der Waals surface area (Å²) < 4.78 is 0. The number of benzene rings is 1. The molecule has 2 heteroatoms. The number of aromatic amines is 1. The predicted octanol–water partition coefficient (Wildman–Crippen LogP) is 2.93. The van der Waals surface area contributed by atoms with E-state index >= 15 is 0 Å². The standard InChI is InChI=1S/C13H13NO/c1-8-6-10-9-4-2-3-5-11(9)14-13(10)12(15)7-8/h2-5,8,14H,6-7H2,1H3. The highest BCUT2D eigenvalue weighted by Gasteiger charge is 2.25. The monoisotopic (exact) mass is 199 g/mol. The van der Waals surface area contributed by atoms with Gasteiger partial charge in [0.1, 0.15) is 0 Å². The number of carbonyl (C=O) groups is 1. The van der Waals surface area contributed by atoms with Crippen LogP contribution in [-0.4, -0.2) is 10.8 Å². The lowest BCUT2D eigenvalue weighted by Crippen LogP contribution is -2.17. The number of carbonyl (C=O) groups excluding carboxylic acids is 1. The number of fused-ring (bicyclic) bond motifs is 3. The highest BCUT2D eigenvalue weighted by molar-refractivity contribution is 6.03. The molecule has 1 atom stereocenters. The number of para-hydroxylation sites is 1. The van der Waals surface area contributed by atoms with Crippen LogP contribution in [0.4, 0.5) is 0 Å². The van der Waals surface area contributed by atoms with Crippen LogP contribution in [0.15, 0.2) is 24.3 Å². The Morgan fingerprint density at radius 1 is 1.27 bits per heavy atom. The fraction of sp³-hybridized carbons (Fsp3) is 0.308. The molecule has 0 saturated carbocycles. The number of ketones is 1. The molecule has 1 unspecified atom stereocenters. The smallest absolute Gasteiger partial charge is 0.179 e. The molecule has 2 aromatic rings. The highest BCUT2D eigenvalue weighted by atomic mass is 16.1. The van der Waals surface area contributed by atoms with Crippen LogP contribution >= 0.6 is 0 Å². The zero-order valence-electron chi connectivity index (χ0n) is 8.71. The van der Waals surface area contributed by atoms with Gasteiger partial charge in [0, 0.05) is 17.3 Å². The molecule has 2 nitrogen and oxygen atoms in total. The van der Waals surface area contributed by atoms with Crippen molar-refractivity contribution in [2.45, 2.75) is 19.8 Å². The number of aromatic nitrogens is 1. The molecule has 0 aliphatic heterocycles. The Bertz CT molecular complexity index is 538. The van der Waals surface area contributed by atoms with Gasteiger partial charge in [0.15, 0.2) is 5.78 Å². The van der Waals surface area contributed by atoms with Crippen molar-refractivity contribution in [3.63, 3.8) is 0 Å². The van der Waals surface area contributed by atoms with Gasteiger partial charge < -0.3 is 4.98 Å². The second-order valence-electron chi connectivity index (χ2n) is 4.46. The Morgan fingerprint density at radius 2 is 2.07 bits per heavy atom. The Morgan fingerprint density at radius 3 is 2.93 bits per heavy atom. The van der Waals surface area contributed by atoms with Crippen molar-refractivity contribution in [1.82, 2.24) is 4.98 Å². The minimum atomic E-state index is 0.264. The molecule has 1 heterocycles. The molecule has 1 N–H and O–H groups in total. The molecule has 0 radical (unpaired) electrons. The van der Waals surface area contributed by atoms with E-state index < -0.39 is 0 Å². The third-order valence-corrected chi connectivity index (χ3v) is 3.18. The highest BCUT2D eigenvalue weighted by Crippen LogP contribution is 2.31. The molecule has 0 amide bonds. The number of hydrogen-bond acceptors (Lipinski definition) is 1. The van der Waals surface area contributed by atoms with Crippen LogP contribution in [0, 0.1) is 5.92 Å². The molecule has 1 aliphatic rings. The number of Topliss-reactive ketones (excluding diaryl/α,β-unsaturated/α-hetero) is 1. The summed E-state index contributed by atoms with van der Waals surface area (Å²) in [7, 11) is 0. The van der Waals surface area contributed by atoms with Gasteiger partial charge >= 0.3 is 0 Å². The van der Waals surface area contributed by atoms with Gasteiger partial charge in [0.25, 0.3) is 0 Å². The van der Waals surface area contributed by atoms with E-state index in [1.54, 1.807) is 0 Å². The van der Waals surface area contributed by atoms with Crippen molar-refractivity contribution in [3.8, 4) is 0 Å². The van der Waals surface area contributed by atoms with E-state index in [1.165, 1.54) is 10.9 Å². The summed E-state index contributed by atoms with van der Waals surface area (Å²) in [6.45, 7) is 2.14. The fourth-order valence-electron chi connectivity index (χ4n) is 2.49. The summed E-state index contributed by atoms with van der Waals surface area (Å²) in [4.78, 5) is 15.1. The molecule has 0 fully saturated rings. The van der Waals surface area contributed by atoms with Crippen molar-refractivity contribution >= 4 is 16.7 Å². The van der Waals surface area contributed by atoms with Crippen molar-refractivity contribution in [1.29, 1.82) is 0 Å². The average molecular weight is 199 g/mol. The minimum absolute atomic E-state index is 0.264. The quantitative estimate of drug-likeness (QED) is 0.695. The van der Waals surface area contributed by atoms with Crippen molar-refractivity contribution in [2.24, 2.45) is 5.92 Å². The third-order valence-electron chi connectivity index (χ3n) is 3.18. The van der Waals surface area contributed by atoms with Crippen molar-refractivity contribution in [2.75, 3.05) is 0 Å². The van der Waals surface area contributed by atoms with Crippen LogP contribution in [0.25, 0.3) is 10.9 Å². The minimum Gasteiger partial charge on any atom is -0.352 e. The van der Waals surface area contributed by atoms with Gasteiger partial charge in [0.05, 0.1) is 5.69 Å². The first-order valence-corrected chi connectivity index (χ1v) is 5.38. The summed E-state index contributed by atoms with van der Waals surface area (Å²) in [6.07, 6.45) is 1.70. The Kier molecular flexibility index (Phi) is 1.72. The maximum absolute atomic E-state index is 11.8. The lowest BCUT2D eigenvalue weighted by atomic mass is 9.87. The fourth-order valence-corrected chi connectivity index (χ4v) is 2.49. The van der Waals surface area contributed by atoms with E-state index in [4.69, 9.17) is 0 Å². The molecule has 3 rings (SSSR count). The lowest BCUT2D eigenvalue weighted by molar-refractivity contribution is 0.0949. The first-order chi connectivity index (χ1) is 7.25. The van der Waals surface area contributed by atoms with Gasteiger partial charge in [0.2, 0.25) is 0 Å². The number of H-pyrrole nitrogens is 1. The maximum atomic E-state index is 11.8. The van der Waals surface area contributed by atoms with E-state index in [0.29, 0.717) is 12.3 Å². The van der Waals surface area contributed by atoms with Crippen molar-refractivity contribution in [3.05, 3.63) is 35.5 Å². The first kappa shape index (κ1) is 8.72. The maximum Gasteiger partial charge on any atom is 0.179 e. The molecule has 1 aromatic carbocycles. The normalized spacial score (nSPS) is 20.6. The zero-order chi connectivity index (χ0) is 10.4. The van der Waals surface area contributed by atoms with Gasteiger partial charge in [-0.25, -0.2) is 0 Å². The molecule has 1 aliphatic carbocycles. The number of nitrogens with one attached hydrogen (secondary N) is 1. The first-order valence-electron chi connectivity index (χ1n) is 5.38. The van der Waals surface area contributed by atoms with Gasteiger partial charge in [-0.05, 0) is 24.0 Å². The van der Waals surface area contributed by atoms with E-state index in [2.05, 4.69) is 18.0 Å². The Hall–Kier alpha value is -1.57. The molecule has 76 valence electrons. The SMILES string of the molecule is CC1CC(=O)c2[nH]c3ccccc3c2C1. The van der Waals surface area contributed by atoms with Crippen LogP contribution in [0.1, 0.15) is 29.4 Å². The summed E-state index contributed by atoms with van der Waals surface area (Å²) in [6, 6.07) is 8.15. The Balaban J connectivity index is 2.32. The second kappa shape index (κ2) is 2.96. The van der Waals surface area contributed by atoms with Gasteiger partial charge in [-0.2, -0.15) is 0 Å². The zero-order valence-corrected chi connectivity index (χ0v) is 8.71. The molecular formula is C13H13NO. The molecule has 15 heavy (non-hydrogen) atoms. The summed E-state index contributed by atoms with van der Waals surface area (Å²) in [5.74, 6) is 0.740. The molecule has 0 bridgehead atoms. The second-order valence-corrected chi connectivity index (χ2v) is 4.46. The lowest BCUT2D eigenvalue weighted by Gasteiger charge is -2.16. The van der Waals surface area contributed by atoms with E-state index in [-0.39, 0.29) is 5.78 Å². The Labute approximate surface area is 88.3 Å².